The van der Waals surface area contributed by atoms with Crippen molar-refractivity contribution in [2.45, 2.75) is 24.3 Å². The van der Waals surface area contributed by atoms with Crippen molar-refractivity contribution >= 4 is 39.2 Å². The molecule has 1 aromatic rings. The van der Waals surface area contributed by atoms with Gasteiger partial charge < -0.3 is 5.11 Å². The predicted molar refractivity (Wildman–Crippen MR) is 75.6 cm³/mol. The molecule has 2 rings (SSSR count). The van der Waals surface area contributed by atoms with Gasteiger partial charge in [0.2, 0.25) is 10.0 Å². The van der Waals surface area contributed by atoms with Crippen molar-refractivity contribution in [3.05, 3.63) is 28.2 Å². The topological polar surface area (TPSA) is 74.7 Å². The molecule has 1 heterocycles. The van der Waals surface area contributed by atoms with Crippen LogP contribution in [0.5, 0.6) is 0 Å². The van der Waals surface area contributed by atoms with Gasteiger partial charge in [-0.15, -0.1) is 0 Å². The van der Waals surface area contributed by atoms with E-state index in [4.69, 9.17) is 23.2 Å². The third-order valence-electron chi connectivity index (χ3n) is 3.35. The van der Waals surface area contributed by atoms with E-state index in [-0.39, 0.29) is 27.4 Å². The number of hydrogen-bond acceptors (Lipinski definition) is 3. The lowest BCUT2D eigenvalue weighted by Crippen LogP contribution is -2.42. The van der Waals surface area contributed by atoms with Gasteiger partial charge in [-0.25, -0.2) is 8.42 Å². The van der Waals surface area contributed by atoms with Crippen LogP contribution in [0.2, 0.25) is 10.0 Å². The van der Waals surface area contributed by atoms with Crippen LogP contribution < -0.4 is 0 Å². The number of carboxylic acid groups (broad SMARTS) is 1. The van der Waals surface area contributed by atoms with Crippen molar-refractivity contribution in [1.29, 1.82) is 0 Å². The summed E-state index contributed by atoms with van der Waals surface area (Å²) in [5.41, 5.74) is 0. The highest BCUT2D eigenvalue weighted by Gasteiger charge is 2.43. The fourth-order valence-electron chi connectivity index (χ4n) is 2.36. The Morgan fingerprint density at radius 1 is 1.30 bits per heavy atom. The summed E-state index contributed by atoms with van der Waals surface area (Å²) < 4.78 is 26.1. The number of sulfonamides is 1. The number of aliphatic carboxylic acids is 1. The number of halogens is 2. The Balaban J connectivity index is 2.47. The second kappa shape index (κ2) is 5.52. The van der Waals surface area contributed by atoms with E-state index in [2.05, 4.69) is 0 Å². The summed E-state index contributed by atoms with van der Waals surface area (Å²) in [6, 6.07) is 2.90. The fourth-order valence-corrected chi connectivity index (χ4v) is 4.78. The quantitative estimate of drug-likeness (QED) is 0.919. The number of nitrogens with zero attached hydrogens (tertiary/aromatic N) is 1. The predicted octanol–water partition coefficient (Wildman–Crippen LogP) is 2.48. The summed E-state index contributed by atoms with van der Waals surface area (Å²) in [7, 11) is -3.93. The van der Waals surface area contributed by atoms with Gasteiger partial charge in [-0.05, 0) is 30.5 Å². The highest BCUT2D eigenvalue weighted by Crippen LogP contribution is 2.32. The molecule has 1 aliphatic rings. The lowest BCUT2D eigenvalue weighted by atomic mass is 10.0. The summed E-state index contributed by atoms with van der Waals surface area (Å²) in [4.78, 5) is 11.2. The Bertz CT molecular complexity index is 627. The van der Waals surface area contributed by atoms with Crippen molar-refractivity contribution in [2.75, 3.05) is 6.54 Å². The molecule has 0 spiro atoms. The fraction of sp³-hybridized carbons (Fsp3) is 0.417. The molecule has 20 heavy (non-hydrogen) atoms. The first-order valence-corrected chi connectivity index (χ1v) is 8.14. The number of hydrogen-bond donors (Lipinski definition) is 1. The number of rotatable bonds is 3. The van der Waals surface area contributed by atoms with Crippen LogP contribution in [0.25, 0.3) is 0 Å². The highest BCUT2D eigenvalue weighted by molar-refractivity contribution is 7.89. The van der Waals surface area contributed by atoms with Gasteiger partial charge in [0.1, 0.15) is 6.04 Å². The van der Waals surface area contributed by atoms with E-state index in [1.54, 1.807) is 6.92 Å². The van der Waals surface area contributed by atoms with Crippen molar-refractivity contribution < 1.29 is 18.3 Å². The van der Waals surface area contributed by atoms with Crippen LogP contribution in [0, 0.1) is 5.92 Å². The summed E-state index contributed by atoms with van der Waals surface area (Å²) >= 11 is 11.6. The molecule has 5 nitrogen and oxygen atoms in total. The Morgan fingerprint density at radius 3 is 2.35 bits per heavy atom. The Hall–Kier alpha value is -0.820. The van der Waals surface area contributed by atoms with Gasteiger partial charge in [-0.3, -0.25) is 4.79 Å². The molecule has 1 N–H and O–H groups in total. The van der Waals surface area contributed by atoms with Crippen LogP contribution in [-0.4, -0.2) is 36.4 Å². The lowest BCUT2D eigenvalue weighted by Gasteiger charge is -2.23. The monoisotopic (exact) mass is 337 g/mol. The maximum Gasteiger partial charge on any atom is 0.322 e. The third kappa shape index (κ3) is 2.79. The van der Waals surface area contributed by atoms with Crippen LogP contribution >= 0.6 is 23.2 Å². The SMILES string of the molecule is C[C@H]1CCN(S(=O)(=O)c2cc(Cl)cc(Cl)c2)[C@@H]1C(=O)O. The Morgan fingerprint density at radius 2 is 1.85 bits per heavy atom. The van der Waals surface area contributed by atoms with Crippen LogP contribution in [0.3, 0.4) is 0 Å². The minimum Gasteiger partial charge on any atom is -0.480 e. The molecule has 0 unspecified atom stereocenters. The van der Waals surface area contributed by atoms with Gasteiger partial charge in [0.05, 0.1) is 4.90 Å². The molecule has 0 radical (unpaired) electrons. The zero-order valence-electron chi connectivity index (χ0n) is 10.6. The molecular weight excluding hydrogens is 325 g/mol. The summed E-state index contributed by atoms with van der Waals surface area (Å²) in [6.07, 6.45) is 0.504. The second-order valence-corrected chi connectivity index (χ2v) is 7.53. The molecule has 1 aromatic carbocycles. The lowest BCUT2D eigenvalue weighted by molar-refractivity contribution is -0.141. The zero-order valence-corrected chi connectivity index (χ0v) is 12.9. The van der Waals surface area contributed by atoms with E-state index in [0.29, 0.717) is 6.42 Å². The maximum atomic E-state index is 12.5. The summed E-state index contributed by atoms with van der Waals surface area (Å²) in [5.74, 6) is -1.39. The summed E-state index contributed by atoms with van der Waals surface area (Å²) in [6.45, 7) is 1.89. The van der Waals surface area contributed by atoms with Gasteiger partial charge in [0, 0.05) is 16.6 Å². The first-order valence-electron chi connectivity index (χ1n) is 5.94. The van der Waals surface area contributed by atoms with Crippen LogP contribution in [0.15, 0.2) is 23.1 Å². The molecule has 0 amide bonds. The van der Waals surface area contributed by atoms with Crippen LogP contribution in [0.4, 0.5) is 0 Å². The minimum absolute atomic E-state index is 0.0876. The molecule has 1 aliphatic heterocycles. The zero-order chi connectivity index (χ0) is 15.1. The minimum atomic E-state index is -3.93. The number of carbonyl (C=O) groups is 1. The van der Waals surface area contributed by atoms with Crippen molar-refractivity contribution in [3.8, 4) is 0 Å². The Labute approximate surface area is 127 Å². The third-order valence-corrected chi connectivity index (χ3v) is 5.64. The molecule has 0 bridgehead atoms. The van der Waals surface area contributed by atoms with Crippen molar-refractivity contribution in [3.63, 3.8) is 0 Å². The van der Waals surface area contributed by atoms with E-state index < -0.39 is 22.0 Å². The molecule has 2 atom stereocenters. The van der Waals surface area contributed by atoms with Crippen molar-refractivity contribution in [1.82, 2.24) is 4.31 Å². The summed E-state index contributed by atoms with van der Waals surface area (Å²) in [5, 5.41) is 9.60. The van der Waals surface area contributed by atoms with Crippen LogP contribution in [-0.2, 0) is 14.8 Å². The van der Waals surface area contributed by atoms with E-state index in [0.717, 1.165) is 4.31 Å². The van der Waals surface area contributed by atoms with E-state index in [1.807, 2.05) is 0 Å². The van der Waals surface area contributed by atoms with Gasteiger partial charge in [0.25, 0.3) is 0 Å². The number of benzene rings is 1. The molecule has 0 aromatic heterocycles. The average Bonchev–Trinajstić information content (AvgIpc) is 2.70. The van der Waals surface area contributed by atoms with Gasteiger partial charge in [0.15, 0.2) is 0 Å². The van der Waals surface area contributed by atoms with Crippen LogP contribution in [0.1, 0.15) is 13.3 Å². The molecule has 0 saturated carbocycles. The standard InChI is InChI=1S/C12H13Cl2NO4S/c1-7-2-3-15(11(7)12(16)17)20(18,19)10-5-8(13)4-9(14)6-10/h4-7,11H,2-3H2,1H3,(H,16,17)/t7-,11-/m0/s1. The molecule has 1 fully saturated rings. The largest absolute Gasteiger partial charge is 0.480 e. The van der Waals surface area contributed by atoms with E-state index in [1.165, 1.54) is 18.2 Å². The molecule has 8 heteroatoms. The first kappa shape index (κ1) is 15.6. The van der Waals surface area contributed by atoms with E-state index in [9.17, 15) is 18.3 Å². The molecule has 1 saturated heterocycles. The number of carboxylic acids is 1. The maximum absolute atomic E-state index is 12.5. The normalized spacial score (nSPS) is 23.9. The highest BCUT2D eigenvalue weighted by atomic mass is 35.5. The Kier molecular flexibility index (Phi) is 4.30. The average molecular weight is 338 g/mol. The first-order chi connectivity index (χ1) is 9.23. The molecular formula is C12H13Cl2NO4S. The van der Waals surface area contributed by atoms with Gasteiger partial charge in [-0.2, -0.15) is 4.31 Å². The van der Waals surface area contributed by atoms with Gasteiger partial charge in [-0.1, -0.05) is 30.1 Å². The van der Waals surface area contributed by atoms with E-state index >= 15 is 0 Å². The molecule has 0 aliphatic carbocycles. The van der Waals surface area contributed by atoms with Crippen molar-refractivity contribution in [2.24, 2.45) is 5.92 Å². The smallest absolute Gasteiger partial charge is 0.322 e. The molecule has 110 valence electrons. The second-order valence-electron chi connectivity index (χ2n) is 4.77. The van der Waals surface area contributed by atoms with Gasteiger partial charge >= 0.3 is 5.97 Å².